The van der Waals surface area contributed by atoms with Crippen LogP contribution in [0.1, 0.15) is 24.6 Å². The van der Waals surface area contributed by atoms with Gasteiger partial charge in [-0.15, -0.1) is 0 Å². The molecule has 0 bridgehead atoms. The molecule has 20 heavy (non-hydrogen) atoms. The summed E-state index contributed by atoms with van der Waals surface area (Å²) in [5, 5.41) is 3.91. The first kappa shape index (κ1) is 14.6. The van der Waals surface area contributed by atoms with Gasteiger partial charge >= 0.3 is 0 Å². The summed E-state index contributed by atoms with van der Waals surface area (Å²) < 4.78 is 0. The third-order valence-corrected chi connectivity index (χ3v) is 3.55. The fourth-order valence-electron chi connectivity index (χ4n) is 1.69. The first-order valence-corrected chi connectivity index (χ1v) is 7.55. The van der Waals surface area contributed by atoms with Crippen molar-refractivity contribution < 1.29 is 0 Å². The Morgan fingerprint density at radius 1 is 1.40 bits per heavy atom. The highest BCUT2D eigenvalue weighted by Crippen LogP contribution is 2.19. The van der Waals surface area contributed by atoms with Crippen molar-refractivity contribution in [3.63, 3.8) is 0 Å². The third-order valence-electron chi connectivity index (χ3n) is 2.60. The number of hydrogen-bond acceptors (Lipinski definition) is 5. The quantitative estimate of drug-likeness (QED) is 0.632. The average Bonchev–Trinajstić information content (AvgIpc) is 2.42. The molecular formula is C14H18N4OS. The number of hydrogen-bond donors (Lipinski definition) is 2. The van der Waals surface area contributed by atoms with Crippen LogP contribution in [0.4, 0.5) is 5.82 Å². The van der Waals surface area contributed by atoms with Crippen molar-refractivity contribution >= 4 is 17.6 Å². The Bertz CT molecular complexity index is 627. The van der Waals surface area contributed by atoms with Crippen LogP contribution in [0.5, 0.6) is 0 Å². The van der Waals surface area contributed by atoms with E-state index in [1.54, 1.807) is 6.20 Å². The molecule has 0 aliphatic rings. The molecule has 0 atom stereocenters. The van der Waals surface area contributed by atoms with Crippen molar-refractivity contribution in [1.82, 2.24) is 15.0 Å². The molecule has 0 saturated carbocycles. The first-order chi connectivity index (χ1) is 9.67. The van der Waals surface area contributed by atoms with E-state index in [2.05, 4.69) is 27.2 Å². The molecular weight excluding hydrogens is 272 g/mol. The van der Waals surface area contributed by atoms with Crippen LogP contribution in [0.3, 0.4) is 0 Å². The van der Waals surface area contributed by atoms with Crippen LogP contribution >= 0.6 is 11.8 Å². The van der Waals surface area contributed by atoms with Gasteiger partial charge in [0.2, 0.25) is 0 Å². The van der Waals surface area contributed by atoms with Gasteiger partial charge in [0.1, 0.15) is 5.82 Å². The molecule has 0 fully saturated rings. The molecule has 106 valence electrons. The van der Waals surface area contributed by atoms with E-state index in [0.29, 0.717) is 5.16 Å². The second-order valence-corrected chi connectivity index (χ2v) is 5.42. The summed E-state index contributed by atoms with van der Waals surface area (Å²) in [5.41, 5.74) is 1.77. The van der Waals surface area contributed by atoms with Crippen LogP contribution in [-0.2, 0) is 5.75 Å². The van der Waals surface area contributed by atoms with Crippen molar-refractivity contribution in [2.24, 2.45) is 0 Å². The van der Waals surface area contributed by atoms with Crippen LogP contribution in [0, 0.1) is 6.92 Å². The number of H-pyrrole nitrogens is 1. The zero-order valence-corrected chi connectivity index (χ0v) is 12.5. The monoisotopic (exact) mass is 290 g/mol. The lowest BCUT2D eigenvalue weighted by molar-refractivity contribution is 0.905. The fourth-order valence-corrected chi connectivity index (χ4v) is 2.55. The van der Waals surface area contributed by atoms with Crippen molar-refractivity contribution in [2.75, 3.05) is 11.9 Å². The second kappa shape index (κ2) is 7.09. The average molecular weight is 290 g/mol. The SMILES string of the molecule is CCCNc1cc(CSc2nc(C)cc(=O)[nH]2)ccn1. The van der Waals surface area contributed by atoms with Gasteiger partial charge in [-0.25, -0.2) is 9.97 Å². The summed E-state index contributed by atoms with van der Waals surface area (Å²) in [5.74, 6) is 1.63. The maximum absolute atomic E-state index is 11.4. The van der Waals surface area contributed by atoms with Crippen LogP contribution < -0.4 is 10.9 Å². The van der Waals surface area contributed by atoms with E-state index in [4.69, 9.17) is 0 Å². The van der Waals surface area contributed by atoms with Crippen LogP contribution in [0.25, 0.3) is 0 Å². The minimum Gasteiger partial charge on any atom is -0.370 e. The fraction of sp³-hybridized carbons (Fsp3) is 0.357. The molecule has 0 saturated heterocycles. The number of rotatable bonds is 6. The van der Waals surface area contributed by atoms with Gasteiger partial charge in [0.15, 0.2) is 5.16 Å². The van der Waals surface area contributed by atoms with E-state index < -0.39 is 0 Å². The largest absolute Gasteiger partial charge is 0.370 e. The number of aryl methyl sites for hydroxylation is 1. The van der Waals surface area contributed by atoms with E-state index in [9.17, 15) is 4.79 Å². The molecule has 0 aromatic carbocycles. The lowest BCUT2D eigenvalue weighted by Gasteiger charge is -2.06. The summed E-state index contributed by atoms with van der Waals surface area (Å²) in [4.78, 5) is 22.7. The van der Waals surface area contributed by atoms with E-state index in [0.717, 1.165) is 35.8 Å². The number of aromatic amines is 1. The lowest BCUT2D eigenvalue weighted by Crippen LogP contribution is -2.08. The standard InChI is InChI=1S/C14H18N4OS/c1-3-5-15-12-8-11(4-6-16-12)9-20-14-17-10(2)7-13(19)18-14/h4,6-8H,3,5,9H2,1-2H3,(H,15,16)(H,17,18,19). The van der Waals surface area contributed by atoms with Crippen molar-refractivity contribution in [3.05, 3.63) is 46.0 Å². The smallest absolute Gasteiger partial charge is 0.251 e. The van der Waals surface area contributed by atoms with Crippen molar-refractivity contribution in [2.45, 2.75) is 31.2 Å². The minimum absolute atomic E-state index is 0.111. The molecule has 2 rings (SSSR count). The van der Waals surface area contributed by atoms with Gasteiger partial charge in [-0.2, -0.15) is 0 Å². The predicted octanol–water partition coefficient (Wildman–Crippen LogP) is 2.59. The van der Waals surface area contributed by atoms with Gasteiger partial charge in [0, 0.05) is 30.3 Å². The van der Waals surface area contributed by atoms with Crippen molar-refractivity contribution in [3.8, 4) is 0 Å². The molecule has 0 radical (unpaired) electrons. The van der Waals surface area contributed by atoms with Gasteiger partial charge < -0.3 is 10.3 Å². The van der Waals surface area contributed by atoms with E-state index in [1.165, 1.54) is 17.8 Å². The summed E-state index contributed by atoms with van der Waals surface area (Å²) in [7, 11) is 0. The molecule has 0 unspecified atom stereocenters. The Morgan fingerprint density at radius 3 is 3.00 bits per heavy atom. The van der Waals surface area contributed by atoms with Crippen LogP contribution in [-0.4, -0.2) is 21.5 Å². The molecule has 6 heteroatoms. The van der Waals surface area contributed by atoms with E-state index >= 15 is 0 Å². The highest BCUT2D eigenvalue weighted by molar-refractivity contribution is 7.98. The molecule has 0 aliphatic carbocycles. The summed E-state index contributed by atoms with van der Waals surface area (Å²) in [6, 6.07) is 5.48. The molecule has 2 aromatic rings. The normalized spacial score (nSPS) is 10.5. The number of pyridine rings is 1. The van der Waals surface area contributed by atoms with Gasteiger partial charge in [-0.1, -0.05) is 18.7 Å². The summed E-state index contributed by atoms with van der Waals surface area (Å²) >= 11 is 1.51. The number of nitrogens with zero attached hydrogens (tertiary/aromatic N) is 2. The molecule has 0 amide bonds. The Labute approximate surface area is 122 Å². The van der Waals surface area contributed by atoms with Gasteiger partial charge in [0.25, 0.3) is 5.56 Å². The number of thioether (sulfide) groups is 1. The zero-order chi connectivity index (χ0) is 14.4. The zero-order valence-electron chi connectivity index (χ0n) is 11.6. The summed E-state index contributed by atoms with van der Waals surface area (Å²) in [6.45, 7) is 4.85. The predicted molar refractivity (Wildman–Crippen MR) is 82.2 cm³/mol. The third kappa shape index (κ3) is 4.38. The molecule has 2 aromatic heterocycles. The highest BCUT2D eigenvalue weighted by Gasteiger charge is 2.02. The van der Waals surface area contributed by atoms with Crippen LogP contribution in [0.2, 0.25) is 0 Å². The molecule has 0 spiro atoms. The molecule has 5 nitrogen and oxygen atoms in total. The van der Waals surface area contributed by atoms with Gasteiger partial charge in [0.05, 0.1) is 0 Å². The first-order valence-electron chi connectivity index (χ1n) is 6.57. The Morgan fingerprint density at radius 2 is 2.25 bits per heavy atom. The van der Waals surface area contributed by atoms with E-state index in [1.807, 2.05) is 19.1 Å². The Kier molecular flexibility index (Phi) is 5.17. The van der Waals surface area contributed by atoms with Gasteiger partial charge in [-0.05, 0) is 31.0 Å². The number of nitrogens with one attached hydrogen (secondary N) is 2. The summed E-state index contributed by atoms with van der Waals surface area (Å²) in [6.07, 6.45) is 2.86. The lowest BCUT2D eigenvalue weighted by atomic mass is 10.3. The van der Waals surface area contributed by atoms with Crippen molar-refractivity contribution in [1.29, 1.82) is 0 Å². The second-order valence-electron chi connectivity index (χ2n) is 4.46. The number of anilines is 1. The van der Waals surface area contributed by atoms with Gasteiger partial charge in [-0.3, -0.25) is 4.79 Å². The highest BCUT2D eigenvalue weighted by atomic mass is 32.2. The number of aromatic nitrogens is 3. The van der Waals surface area contributed by atoms with Crippen LogP contribution in [0.15, 0.2) is 34.3 Å². The maximum Gasteiger partial charge on any atom is 0.251 e. The maximum atomic E-state index is 11.4. The molecule has 0 aliphatic heterocycles. The van der Waals surface area contributed by atoms with E-state index in [-0.39, 0.29) is 5.56 Å². The Hall–Kier alpha value is -1.82. The topological polar surface area (TPSA) is 70.7 Å². The molecule has 2 heterocycles. The molecule has 2 N–H and O–H groups in total. The minimum atomic E-state index is -0.111. The Balaban J connectivity index is 2.01.